The van der Waals surface area contributed by atoms with E-state index in [0.717, 1.165) is 0 Å². The predicted octanol–water partition coefficient (Wildman–Crippen LogP) is 0.0338. The first-order valence-electron chi connectivity index (χ1n) is 5.15. The number of carbonyl (C=O) groups is 2. The molecule has 0 aromatic heterocycles. The van der Waals surface area contributed by atoms with Crippen LogP contribution < -0.4 is 5.32 Å². The van der Waals surface area contributed by atoms with Gasteiger partial charge >= 0.3 is 12.1 Å². The molecule has 14 heavy (non-hydrogen) atoms. The highest BCUT2D eigenvalue weighted by Crippen LogP contribution is 1.86. The summed E-state index contributed by atoms with van der Waals surface area (Å²) in [5.41, 5.74) is 0. The molecule has 6 nitrogen and oxygen atoms in total. The Morgan fingerprint density at radius 1 is 1.71 bits per heavy atom. The first kappa shape index (κ1) is 7.98. The lowest BCUT2D eigenvalue weighted by Gasteiger charge is -2.17. The number of nitrogens with one attached hydrogen (secondary N) is 1. The molecular formula is C7H12N2O4S. The number of carbonyl (C=O) groups excluding carboxylic acids is 1. The first-order chi connectivity index (χ1) is 7.68. The van der Waals surface area contributed by atoms with Gasteiger partial charge in [-0.05, 0) is 19.1 Å². The van der Waals surface area contributed by atoms with Crippen molar-refractivity contribution in [1.82, 2.24) is 10.2 Å². The minimum absolute atomic E-state index is 0.0845. The number of ether oxygens (including phenoxy) is 1. The Bertz CT molecular complexity index is 321. The normalized spacial score (nSPS) is 13.1. The maximum absolute atomic E-state index is 11.0. The molecule has 0 fully saturated rings. The highest BCUT2D eigenvalue weighted by atomic mass is 32.1. The molecule has 0 atom stereocenters. The summed E-state index contributed by atoms with van der Waals surface area (Å²) in [4.78, 5) is 21.9. The number of hydrogen-bond donors (Lipinski definition) is 2. The fraction of sp³-hybridized carbons (Fsp3) is 0.571. The van der Waals surface area contributed by atoms with Gasteiger partial charge in [0.2, 0.25) is 0 Å². The molecule has 0 saturated carbocycles. The topological polar surface area (TPSA) is 78.9 Å². The van der Waals surface area contributed by atoms with E-state index in [2.05, 4.69) is 17.0 Å². The predicted molar refractivity (Wildman–Crippen MR) is 53.0 cm³/mol. The summed E-state index contributed by atoms with van der Waals surface area (Å²) in [6.45, 7) is -1.96. The van der Waals surface area contributed by atoms with E-state index in [0.29, 0.717) is 4.90 Å². The monoisotopic (exact) mass is 223 g/mol. The Morgan fingerprint density at radius 3 is 2.79 bits per heavy atom. The molecule has 1 amide bonds. The Kier molecular flexibility index (Phi) is 3.50. The van der Waals surface area contributed by atoms with E-state index >= 15 is 0 Å². The Labute approximate surface area is 91.0 Å². The third-order valence-electron chi connectivity index (χ3n) is 1.02. The van der Waals surface area contributed by atoms with Crippen molar-refractivity contribution in [2.45, 2.75) is 6.92 Å². The Balaban J connectivity index is 4.65. The zero-order chi connectivity index (χ0) is 13.6. The molecule has 0 bridgehead atoms. The first-order valence-corrected chi connectivity index (χ1v) is 4.06. The van der Waals surface area contributed by atoms with Gasteiger partial charge in [-0.1, -0.05) is 0 Å². The summed E-state index contributed by atoms with van der Waals surface area (Å²) in [6, 6.07) is 0. The number of alkyl carbamates (subject to hydrolysis) is 1. The number of rotatable bonds is 3. The Morgan fingerprint density at radius 2 is 2.36 bits per heavy atom. The fourth-order valence-electron chi connectivity index (χ4n) is 0.529. The van der Waals surface area contributed by atoms with Crippen molar-refractivity contribution in [2.24, 2.45) is 0 Å². The molecule has 0 unspecified atom stereocenters. The van der Waals surface area contributed by atoms with Crippen LogP contribution in [0, 0.1) is 0 Å². The molecule has 0 aromatic rings. The van der Waals surface area contributed by atoms with E-state index in [9.17, 15) is 9.59 Å². The van der Waals surface area contributed by atoms with Gasteiger partial charge in [-0.15, -0.1) is 0 Å². The number of hydrogen-bond acceptors (Lipinski definition) is 4. The van der Waals surface area contributed by atoms with Crippen LogP contribution in [0.2, 0.25) is 0 Å². The minimum Gasteiger partial charge on any atom is -0.480 e. The van der Waals surface area contributed by atoms with Gasteiger partial charge < -0.3 is 14.7 Å². The zero-order valence-electron chi connectivity index (χ0n) is 10.4. The zero-order valence-corrected chi connectivity index (χ0v) is 8.26. The van der Waals surface area contributed by atoms with Crippen molar-refractivity contribution in [3.8, 4) is 0 Å². The fourth-order valence-corrected chi connectivity index (χ4v) is 0.677. The van der Waals surface area contributed by atoms with Crippen LogP contribution in [0.4, 0.5) is 4.79 Å². The summed E-state index contributed by atoms with van der Waals surface area (Å²) < 4.78 is 25.7. The molecule has 0 heterocycles. The minimum atomic E-state index is -2.75. The standard InChI is InChI=1S/C7H12N2O4S/c1-3-13-7(12)8-6(14)9(2)4-5(10)11/h3-4H2,1-2H3,(H,10,11)(H,8,12,14)/i2D3. The summed E-state index contributed by atoms with van der Waals surface area (Å²) in [6.07, 6.45) is -0.933. The SMILES string of the molecule is [2H]C([2H])([2H])N(CC(=O)O)C(=S)NC(=O)OCC. The molecule has 2 N–H and O–H groups in total. The van der Waals surface area contributed by atoms with E-state index in [-0.39, 0.29) is 6.61 Å². The second-order valence-electron chi connectivity index (χ2n) is 2.13. The van der Waals surface area contributed by atoms with Crippen LogP contribution in [0.3, 0.4) is 0 Å². The highest BCUT2D eigenvalue weighted by Gasteiger charge is 2.11. The van der Waals surface area contributed by atoms with E-state index in [1.807, 2.05) is 5.32 Å². The van der Waals surface area contributed by atoms with Gasteiger partial charge in [0.05, 0.1) is 6.61 Å². The smallest absolute Gasteiger partial charge is 0.413 e. The van der Waals surface area contributed by atoms with Crippen LogP contribution in [-0.2, 0) is 9.53 Å². The quantitative estimate of drug-likeness (QED) is 0.657. The third-order valence-corrected chi connectivity index (χ3v) is 1.35. The van der Waals surface area contributed by atoms with Gasteiger partial charge in [-0.3, -0.25) is 10.1 Å². The molecule has 0 aliphatic rings. The highest BCUT2D eigenvalue weighted by molar-refractivity contribution is 7.80. The molecule has 0 aliphatic carbocycles. The molecule has 0 saturated heterocycles. The molecule has 0 spiro atoms. The van der Waals surface area contributed by atoms with Crippen LogP contribution >= 0.6 is 12.2 Å². The van der Waals surface area contributed by atoms with Crippen molar-refractivity contribution < 1.29 is 23.5 Å². The molecule has 7 heteroatoms. The molecule has 0 aliphatic heterocycles. The van der Waals surface area contributed by atoms with Gasteiger partial charge in [-0.25, -0.2) is 4.79 Å². The summed E-state index contributed by atoms with van der Waals surface area (Å²) in [5.74, 6) is -1.38. The number of likely N-dealkylation sites (N-methyl/N-ethyl adjacent to an activating group) is 1. The second kappa shape index (κ2) is 6.14. The number of thiocarbonyl (C=S) groups is 1. The summed E-state index contributed by atoms with van der Waals surface area (Å²) >= 11 is 4.62. The van der Waals surface area contributed by atoms with Gasteiger partial charge in [0.1, 0.15) is 6.54 Å². The molecule has 80 valence electrons. The van der Waals surface area contributed by atoms with E-state index in [4.69, 9.17) is 9.22 Å². The largest absolute Gasteiger partial charge is 0.480 e. The lowest BCUT2D eigenvalue weighted by Crippen LogP contribution is -2.42. The maximum Gasteiger partial charge on any atom is 0.413 e. The second-order valence-corrected chi connectivity index (χ2v) is 2.52. The number of nitrogens with zero attached hydrogens (tertiary/aromatic N) is 1. The average Bonchev–Trinajstić information content (AvgIpc) is 2.12. The van der Waals surface area contributed by atoms with Crippen molar-refractivity contribution in [3.63, 3.8) is 0 Å². The summed E-state index contributed by atoms with van der Waals surface area (Å²) in [5, 5.41) is 9.98. The number of aliphatic carboxylic acids is 1. The molecule has 0 rings (SSSR count). The van der Waals surface area contributed by atoms with Gasteiger partial charge in [-0.2, -0.15) is 0 Å². The molecular weight excluding hydrogens is 208 g/mol. The molecule has 0 radical (unpaired) electrons. The van der Waals surface area contributed by atoms with Gasteiger partial charge in [0.25, 0.3) is 0 Å². The van der Waals surface area contributed by atoms with Crippen molar-refractivity contribution in [3.05, 3.63) is 0 Å². The molecule has 0 aromatic carbocycles. The number of carboxylic acids is 1. The Hall–Kier alpha value is -1.37. The average molecular weight is 223 g/mol. The van der Waals surface area contributed by atoms with Crippen LogP contribution in [0.25, 0.3) is 0 Å². The van der Waals surface area contributed by atoms with E-state index in [1.165, 1.54) is 0 Å². The summed E-state index contributed by atoms with van der Waals surface area (Å²) in [7, 11) is 0. The van der Waals surface area contributed by atoms with Crippen LogP contribution in [0.15, 0.2) is 0 Å². The van der Waals surface area contributed by atoms with Gasteiger partial charge in [0, 0.05) is 11.1 Å². The van der Waals surface area contributed by atoms with Crippen molar-refractivity contribution in [1.29, 1.82) is 0 Å². The van der Waals surface area contributed by atoms with Crippen molar-refractivity contribution >= 4 is 29.4 Å². The third kappa shape index (κ3) is 5.31. The lowest BCUT2D eigenvalue weighted by atomic mass is 10.6. The van der Waals surface area contributed by atoms with E-state index < -0.39 is 30.7 Å². The number of carboxylic acid groups (broad SMARTS) is 1. The van der Waals surface area contributed by atoms with Crippen LogP contribution in [0.5, 0.6) is 0 Å². The lowest BCUT2D eigenvalue weighted by molar-refractivity contribution is -0.137. The van der Waals surface area contributed by atoms with Crippen LogP contribution in [0.1, 0.15) is 11.0 Å². The van der Waals surface area contributed by atoms with Gasteiger partial charge in [0.15, 0.2) is 5.11 Å². The van der Waals surface area contributed by atoms with Crippen LogP contribution in [-0.4, -0.2) is 47.3 Å². The van der Waals surface area contributed by atoms with Crippen molar-refractivity contribution in [2.75, 3.05) is 20.1 Å². The number of amides is 1. The maximum atomic E-state index is 11.0. The van der Waals surface area contributed by atoms with E-state index in [1.54, 1.807) is 6.92 Å².